The maximum Gasteiger partial charge on any atom is 0.223 e. The van der Waals surface area contributed by atoms with Crippen LogP contribution in [0.5, 0.6) is 5.75 Å². The smallest absolute Gasteiger partial charge is 0.223 e. The third-order valence-electron chi connectivity index (χ3n) is 3.71. The van der Waals surface area contributed by atoms with Gasteiger partial charge in [0, 0.05) is 6.54 Å². The van der Waals surface area contributed by atoms with Gasteiger partial charge in [-0.25, -0.2) is 0 Å². The van der Waals surface area contributed by atoms with Crippen LogP contribution in [-0.4, -0.2) is 12.5 Å². The molecule has 0 heterocycles. The maximum absolute atomic E-state index is 11.8. The van der Waals surface area contributed by atoms with Crippen molar-refractivity contribution < 1.29 is 9.53 Å². The van der Waals surface area contributed by atoms with Crippen LogP contribution in [0.15, 0.2) is 42.5 Å². The zero-order valence-electron chi connectivity index (χ0n) is 13.4. The van der Waals surface area contributed by atoms with Gasteiger partial charge in [-0.1, -0.05) is 24.3 Å². The third kappa shape index (κ3) is 4.86. The van der Waals surface area contributed by atoms with E-state index in [1.165, 1.54) is 5.56 Å². The summed E-state index contributed by atoms with van der Waals surface area (Å²) in [5, 5.41) is 11.6. The number of ether oxygens (including phenoxy) is 1. The summed E-state index contributed by atoms with van der Waals surface area (Å²) in [6.07, 6.45) is 0.309. The van der Waals surface area contributed by atoms with E-state index in [0.29, 0.717) is 25.1 Å². The SMILES string of the molecule is Cc1cccc(OCCC(=O)NCc2ccc(C#N)cc2)c1C. The van der Waals surface area contributed by atoms with Crippen LogP contribution in [0.4, 0.5) is 0 Å². The number of hydrogen-bond acceptors (Lipinski definition) is 3. The molecule has 0 bridgehead atoms. The number of nitriles is 1. The molecule has 0 radical (unpaired) electrons. The molecule has 0 aliphatic rings. The van der Waals surface area contributed by atoms with Crippen molar-refractivity contribution in [3.63, 3.8) is 0 Å². The third-order valence-corrected chi connectivity index (χ3v) is 3.71. The summed E-state index contributed by atoms with van der Waals surface area (Å²) < 4.78 is 5.67. The summed E-state index contributed by atoms with van der Waals surface area (Å²) in [4.78, 5) is 11.8. The first kappa shape index (κ1) is 16.6. The van der Waals surface area contributed by atoms with E-state index >= 15 is 0 Å². The number of rotatable bonds is 6. The van der Waals surface area contributed by atoms with Gasteiger partial charge in [-0.2, -0.15) is 5.26 Å². The Labute approximate surface area is 136 Å². The van der Waals surface area contributed by atoms with Crippen molar-refractivity contribution in [3.8, 4) is 11.8 Å². The highest BCUT2D eigenvalue weighted by Gasteiger charge is 2.05. The molecule has 118 valence electrons. The van der Waals surface area contributed by atoms with Gasteiger partial charge >= 0.3 is 0 Å². The number of amides is 1. The Balaban J connectivity index is 1.74. The molecule has 2 rings (SSSR count). The van der Waals surface area contributed by atoms with E-state index in [2.05, 4.69) is 11.4 Å². The van der Waals surface area contributed by atoms with Crippen LogP contribution in [0.1, 0.15) is 28.7 Å². The minimum Gasteiger partial charge on any atom is -0.493 e. The van der Waals surface area contributed by atoms with E-state index in [1.807, 2.05) is 44.2 Å². The first-order chi connectivity index (χ1) is 11.1. The minimum atomic E-state index is -0.0559. The number of nitrogens with zero attached hydrogens (tertiary/aromatic N) is 1. The molecule has 0 aromatic heterocycles. The molecule has 0 saturated carbocycles. The monoisotopic (exact) mass is 308 g/mol. The summed E-state index contributed by atoms with van der Waals surface area (Å²) in [6, 6.07) is 15.1. The van der Waals surface area contributed by atoms with E-state index in [4.69, 9.17) is 10.00 Å². The average molecular weight is 308 g/mol. The number of benzene rings is 2. The first-order valence-corrected chi connectivity index (χ1v) is 7.55. The Hall–Kier alpha value is -2.80. The zero-order valence-corrected chi connectivity index (χ0v) is 13.4. The van der Waals surface area contributed by atoms with Gasteiger partial charge in [0.15, 0.2) is 0 Å². The van der Waals surface area contributed by atoms with Gasteiger partial charge in [0.2, 0.25) is 5.91 Å². The van der Waals surface area contributed by atoms with Crippen molar-refractivity contribution in [2.75, 3.05) is 6.61 Å². The van der Waals surface area contributed by atoms with E-state index in [-0.39, 0.29) is 5.91 Å². The largest absolute Gasteiger partial charge is 0.493 e. The second-order valence-corrected chi connectivity index (χ2v) is 5.38. The van der Waals surface area contributed by atoms with Gasteiger partial charge in [-0.3, -0.25) is 4.79 Å². The van der Waals surface area contributed by atoms with Crippen LogP contribution < -0.4 is 10.1 Å². The average Bonchev–Trinajstić information content (AvgIpc) is 2.57. The fourth-order valence-corrected chi connectivity index (χ4v) is 2.12. The Morgan fingerprint density at radius 3 is 2.61 bits per heavy atom. The number of carbonyl (C=O) groups excluding carboxylic acids is 1. The van der Waals surface area contributed by atoms with Crippen molar-refractivity contribution in [1.29, 1.82) is 5.26 Å². The second kappa shape index (κ2) is 8.00. The van der Waals surface area contributed by atoms with Crippen LogP contribution in [0, 0.1) is 25.2 Å². The van der Waals surface area contributed by atoms with Crippen molar-refractivity contribution in [2.45, 2.75) is 26.8 Å². The lowest BCUT2D eigenvalue weighted by molar-refractivity contribution is -0.121. The molecule has 0 aliphatic carbocycles. The van der Waals surface area contributed by atoms with Crippen LogP contribution in [0.3, 0.4) is 0 Å². The van der Waals surface area contributed by atoms with Crippen LogP contribution in [-0.2, 0) is 11.3 Å². The highest BCUT2D eigenvalue weighted by molar-refractivity contribution is 5.76. The van der Waals surface area contributed by atoms with Crippen LogP contribution >= 0.6 is 0 Å². The van der Waals surface area contributed by atoms with Gasteiger partial charge < -0.3 is 10.1 Å². The van der Waals surface area contributed by atoms with Gasteiger partial charge in [-0.15, -0.1) is 0 Å². The predicted molar refractivity (Wildman–Crippen MR) is 89.0 cm³/mol. The fourth-order valence-electron chi connectivity index (χ4n) is 2.12. The molecule has 1 N–H and O–H groups in total. The molecule has 0 fully saturated rings. The maximum atomic E-state index is 11.8. The number of hydrogen-bond donors (Lipinski definition) is 1. The van der Waals surface area contributed by atoms with Crippen molar-refractivity contribution in [2.24, 2.45) is 0 Å². The van der Waals surface area contributed by atoms with Crippen molar-refractivity contribution in [3.05, 3.63) is 64.7 Å². The Morgan fingerprint density at radius 2 is 1.91 bits per heavy atom. The Morgan fingerprint density at radius 1 is 1.17 bits per heavy atom. The first-order valence-electron chi connectivity index (χ1n) is 7.55. The number of nitrogens with one attached hydrogen (secondary N) is 1. The second-order valence-electron chi connectivity index (χ2n) is 5.38. The van der Waals surface area contributed by atoms with E-state index in [9.17, 15) is 4.79 Å². The molecular weight excluding hydrogens is 288 g/mol. The van der Waals surface area contributed by atoms with Gasteiger partial charge in [-0.05, 0) is 48.7 Å². The van der Waals surface area contributed by atoms with Gasteiger partial charge in [0.05, 0.1) is 24.7 Å². The summed E-state index contributed by atoms with van der Waals surface area (Å²) in [5.41, 5.74) is 3.85. The minimum absolute atomic E-state index is 0.0559. The highest BCUT2D eigenvalue weighted by atomic mass is 16.5. The molecule has 0 unspecified atom stereocenters. The topological polar surface area (TPSA) is 62.1 Å². The summed E-state index contributed by atoms with van der Waals surface area (Å²) in [7, 11) is 0. The standard InChI is InChI=1S/C19H20N2O2/c1-14-4-3-5-18(15(14)2)23-11-10-19(22)21-13-17-8-6-16(12-20)7-9-17/h3-9H,10-11,13H2,1-2H3,(H,21,22). The van der Waals surface area contributed by atoms with Crippen molar-refractivity contribution >= 4 is 5.91 Å². The number of aryl methyl sites for hydroxylation is 1. The molecule has 0 aliphatic heterocycles. The zero-order chi connectivity index (χ0) is 16.7. The highest BCUT2D eigenvalue weighted by Crippen LogP contribution is 2.20. The molecule has 2 aromatic rings. The predicted octanol–water partition coefficient (Wildman–Crippen LogP) is 3.26. The summed E-state index contributed by atoms with van der Waals surface area (Å²) >= 11 is 0. The van der Waals surface area contributed by atoms with Crippen molar-refractivity contribution in [1.82, 2.24) is 5.32 Å². The molecule has 4 heteroatoms. The lowest BCUT2D eigenvalue weighted by Gasteiger charge is -2.11. The molecule has 4 nitrogen and oxygen atoms in total. The molecule has 2 aromatic carbocycles. The van der Waals surface area contributed by atoms with E-state index < -0.39 is 0 Å². The molecule has 0 saturated heterocycles. The summed E-state index contributed by atoms with van der Waals surface area (Å²) in [6.45, 7) is 4.85. The van der Waals surface area contributed by atoms with Crippen LogP contribution in [0.25, 0.3) is 0 Å². The molecule has 1 amide bonds. The van der Waals surface area contributed by atoms with Crippen LogP contribution in [0.2, 0.25) is 0 Å². The molecule has 0 spiro atoms. The lowest BCUT2D eigenvalue weighted by Crippen LogP contribution is -2.24. The van der Waals surface area contributed by atoms with E-state index in [1.54, 1.807) is 12.1 Å². The Kier molecular flexibility index (Phi) is 5.76. The van der Waals surface area contributed by atoms with Gasteiger partial charge in [0.25, 0.3) is 0 Å². The summed E-state index contributed by atoms with van der Waals surface area (Å²) in [5.74, 6) is 0.768. The molecular formula is C19H20N2O2. The number of carbonyl (C=O) groups is 1. The van der Waals surface area contributed by atoms with E-state index in [0.717, 1.165) is 16.9 Å². The molecule has 23 heavy (non-hydrogen) atoms. The molecule has 0 atom stereocenters. The quantitative estimate of drug-likeness (QED) is 0.891. The normalized spacial score (nSPS) is 9.96. The van der Waals surface area contributed by atoms with Gasteiger partial charge in [0.1, 0.15) is 5.75 Å². The fraction of sp³-hybridized carbons (Fsp3) is 0.263. The Bertz CT molecular complexity index is 715. The lowest BCUT2D eigenvalue weighted by atomic mass is 10.1.